The normalized spacial score (nSPS) is 18.9. The van der Waals surface area contributed by atoms with Crippen molar-refractivity contribution < 1.29 is 51.8 Å². The molecule has 7 unspecified atom stereocenters. The average molecular weight is 1090 g/mol. The Morgan fingerprint density at radius 1 is 0.480 bits per heavy atom. The van der Waals surface area contributed by atoms with E-state index in [2.05, 4.69) is 23.3 Å². The first-order valence-electron chi connectivity index (χ1n) is 32.4. The van der Waals surface area contributed by atoms with Gasteiger partial charge in [0.2, 0.25) is 5.91 Å². The molecule has 12 nitrogen and oxygen atoms in total. The molecule has 1 aliphatic rings. The number of nitrogens with one attached hydrogen (secondary N) is 1. The molecule has 0 aromatic rings. The van der Waals surface area contributed by atoms with Crippen molar-refractivity contribution in [3.8, 4) is 0 Å². The number of aliphatic hydroxyl groups is 4. The van der Waals surface area contributed by atoms with Crippen LogP contribution in [0.3, 0.4) is 0 Å². The maximum atomic E-state index is 13.1. The largest absolute Gasteiger partial charge is 0.397 e. The van der Waals surface area contributed by atoms with E-state index >= 15 is 0 Å². The fourth-order valence-electron chi connectivity index (χ4n) is 10.9. The lowest BCUT2D eigenvalue weighted by atomic mass is 9.99. The van der Waals surface area contributed by atoms with Gasteiger partial charge in [-0.15, -0.1) is 0 Å². The Hall–Kier alpha value is -0.900. The summed E-state index contributed by atoms with van der Waals surface area (Å²) in [5, 5.41) is 45.0. The summed E-state index contributed by atoms with van der Waals surface area (Å²) in [5.41, 5.74) is 0. The quantitative estimate of drug-likeness (QED) is 0.0251. The van der Waals surface area contributed by atoms with Gasteiger partial charge in [0.05, 0.1) is 25.4 Å². The average Bonchev–Trinajstić information content (AvgIpc) is 3.39. The molecule has 6 N–H and O–H groups in total. The molecule has 0 aliphatic carbocycles. The molecule has 0 bridgehead atoms. The van der Waals surface area contributed by atoms with Crippen molar-refractivity contribution in [2.75, 3.05) is 13.2 Å². The van der Waals surface area contributed by atoms with Crippen LogP contribution in [0.2, 0.25) is 0 Å². The predicted octanol–water partition coefficient (Wildman–Crippen LogP) is 16.0. The number of unbranched alkanes of at least 4 members (excludes halogenated alkanes) is 46. The van der Waals surface area contributed by atoms with Crippen LogP contribution in [0.5, 0.6) is 0 Å². The summed E-state index contributed by atoms with van der Waals surface area (Å²) in [6, 6.07) is -0.852. The van der Waals surface area contributed by atoms with Crippen LogP contribution in [-0.4, -0.2) is 95.4 Å². The first kappa shape index (κ1) is 72.1. The number of aliphatic hydroxyl groups excluding tert-OH is 4. The van der Waals surface area contributed by atoms with Gasteiger partial charge in [-0.2, -0.15) is 8.42 Å². The zero-order valence-electron chi connectivity index (χ0n) is 48.9. The number of rotatable bonds is 58. The van der Waals surface area contributed by atoms with Crippen LogP contribution >= 0.6 is 0 Å². The van der Waals surface area contributed by atoms with Gasteiger partial charge in [-0.05, 0) is 12.8 Å². The van der Waals surface area contributed by atoms with Crippen LogP contribution in [0.1, 0.15) is 335 Å². The molecule has 0 radical (unpaired) electrons. The highest BCUT2D eigenvalue weighted by Gasteiger charge is 2.48. The third-order valence-electron chi connectivity index (χ3n) is 15.9. The molecule has 0 spiro atoms. The van der Waals surface area contributed by atoms with Gasteiger partial charge in [0.25, 0.3) is 0 Å². The van der Waals surface area contributed by atoms with Crippen molar-refractivity contribution in [1.82, 2.24) is 5.32 Å². The Kier molecular flexibility index (Phi) is 50.5. The van der Waals surface area contributed by atoms with E-state index in [9.17, 15) is 38.2 Å². The van der Waals surface area contributed by atoms with E-state index in [0.717, 1.165) is 51.4 Å². The van der Waals surface area contributed by atoms with Crippen LogP contribution in [0.15, 0.2) is 0 Å². The first-order chi connectivity index (χ1) is 36.5. The van der Waals surface area contributed by atoms with Gasteiger partial charge in [-0.25, -0.2) is 4.18 Å². The number of ether oxygens (including phenoxy) is 2. The summed E-state index contributed by atoms with van der Waals surface area (Å²) in [4.78, 5) is 13.1. The molecular weight excluding hydrogens is 967 g/mol. The molecule has 0 saturated carbocycles. The number of hydrogen-bond acceptors (Lipinski definition) is 10. The summed E-state index contributed by atoms with van der Waals surface area (Å²) in [7, 11) is -5.08. The second kappa shape index (κ2) is 52.5. The highest BCUT2D eigenvalue weighted by atomic mass is 32.3. The first-order valence-corrected chi connectivity index (χ1v) is 33.8. The van der Waals surface area contributed by atoms with E-state index in [-0.39, 0.29) is 12.5 Å². The molecule has 0 aromatic carbocycles. The summed E-state index contributed by atoms with van der Waals surface area (Å²) in [5.74, 6) is -0.223. The summed E-state index contributed by atoms with van der Waals surface area (Å²) in [6.45, 7) is 3.48. The standard InChI is InChI=1S/C62H123NO11S/c1-3-5-7-9-11-13-15-16-17-18-19-20-21-22-23-24-25-26-27-28-29-30-31-32-33-34-35-36-37-38-39-40-42-44-46-48-50-52-58(66)63-55(56(65)51-49-47-45-43-41-14-12-10-8-6-4-2)54-72-62-60(68)61(74-75(69,70)71)59(67)57(53-64)73-62/h55-57,59-62,64-65,67-68H,3-54H2,1-2H3,(H,63,66)(H,69,70,71). The Morgan fingerprint density at radius 3 is 1.07 bits per heavy atom. The lowest BCUT2D eigenvalue weighted by Gasteiger charge is -2.41. The molecule has 0 aromatic heterocycles. The molecule has 1 aliphatic heterocycles. The second-order valence-electron chi connectivity index (χ2n) is 23.1. The molecule has 13 heteroatoms. The number of carbonyl (C=O) groups is 1. The van der Waals surface area contributed by atoms with Gasteiger partial charge >= 0.3 is 10.4 Å². The van der Waals surface area contributed by atoms with Crippen LogP contribution in [0, 0.1) is 0 Å². The van der Waals surface area contributed by atoms with E-state index in [4.69, 9.17) is 9.47 Å². The third kappa shape index (κ3) is 44.5. The fourth-order valence-corrected chi connectivity index (χ4v) is 11.4. The van der Waals surface area contributed by atoms with E-state index in [0.29, 0.717) is 12.8 Å². The molecule has 1 amide bonds. The van der Waals surface area contributed by atoms with Gasteiger partial charge in [-0.3, -0.25) is 9.35 Å². The van der Waals surface area contributed by atoms with Gasteiger partial charge < -0.3 is 35.2 Å². The summed E-state index contributed by atoms with van der Waals surface area (Å²) in [6.07, 6.45) is 54.6. The van der Waals surface area contributed by atoms with Crippen LogP contribution in [0.25, 0.3) is 0 Å². The van der Waals surface area contributed by atoms with Gasteiger partial charge in [0.1, 0.15) is 24.4 Å². The van der Waals surface area contributed by atoms with Crippen molar-refractivity contribution in [1.29, 1.82) is 0 Å². The molecule has 1 saturated heterocycles. The number of carbonyl (C=O) groups excluding carboxylic acids is 1. The van der Waals surface area contributed by atoms with E-state index in [1.54, 1.807) is 0 Å². The molecule has 1 heterocycles. The molecule has 448 valence electrons. The minimum absolute atomic E-state index is 0.223. The molecule has 1 rings (SSSR count). The van der Waals surface area contributed by atoms with Crippen LogP contribution in [0.4, 0.5) is 0 Å². The Labute approximate surface area is 462 Å². The maximum Gasteiger partial charge on any atom is 0.397 e. The van der Waals surface area contributed by atoms with E-state index in [1.807, 2.05) is 0 Å². The molecule has 75 heavy (non-hydrogen) atoms. The number of hydrogen-bond donors (Lipinski definition) is 6. The molecule has 7 atom stereocenters. The molecule has 1 fully saturated rings. The summed E-state index contributed by atoms with van der Waals surface area (Å²) < 4.78 is 47.8. The smallest absolute Gasteiger partial charge is 0.394 e. The van der Waals surface area contributed by atoms with Crippen molar-refractivity contribution in [2.24, 2.45) is 0 Å². The van der Waals surface area contributed by atoms with Gasteiger partial charge in [0.15, 0.2) is 6.29 Å². The lowest BCUT2D eigenvalue weighted by molar-refractivity contribution is -0.298. The van der Waals surface area contributed by atoms with E-state index < -0.39 is 59.9 Å². The third-order valence-corrected chi connectivity index (χ3v) is 16.4. The van der Waals surface area contributed by atoms with Crippen molar-refractivity contribution in [2.45, 2.75) is 378 Å². The number of amides is 1. The minimum atomic E-state index is -5.08. The Balaban J connectivity index is 2.10. The fraction of sp³-hybridized carbons (Fsp3) is 0.984. The minimum Gasteiger partial charge on any atom is -0.394 e. The Bertz CT molecular complexity index is 1330. The van der Waals surface area contributed by atoms with Crippen LogP contribution in [-0.2, 0) is 28.9 Å². The highest BCUT2D eigenvalue weighted by molar-refractivity contribution is 7.80. The lowest BCUT2D eigenvalue weighted by Crippen LogP contribution is -2.61. The predicted molar refractivity (Wildman–Crippen MR) is 310 cm³/mol. The topological polar surface area (TPSA) is 192 Å². The van der Waals surface area contributed by atoms with Gasteiger partial charge in [0, 0.05) is 6.42 Å². The molecular formula is C62H123NO11S. The second-order valence-corrected chi connectivity index (χ2v) is 24.1. The van der Waals surface area contributed by atoms with Crippen molar-refractivity contribution in [3.63, 3.8) is 0 Å². The zero-order chi connectivity index (χ0) is 54.7. The van der Waals surface area contributed by atoms with Crippen molar-refractivity contribution >= 4 is 16.3 Å². The van der Waals surface area contributed by atoms with Crippen LogP contribution < -0.4 is 5.32 Å². The monoisotopic (exact) mass is 1090 g/mol. The van der Waals surface area contributed by atoms with E-state index in [1.165, 1.54) is 257 Å². The van der Waals surface area contributed by atoms with Crippen molar-refractivity contribution in [3.05, 3.63) is 0 Å². The SMILES string of the molecule is CCCCCCCCCCCCCCCCCCCCCCCCCCCCCCCCCCCCCCCC(=O)NC(COC1OC(CO)C(O)C(OS(=O)(=O)O)C1O)C(O)CCCCCCCCCCCCC. The Morgan fingerprint density at radius 2 is 0.773 bits per heavy atom. The zero-order valence-corrected chi connectivity index (χ0v) is 49.7. The van der Waals surface area contributed by atoms with Gasteiger partial charge in [-0.1, -0.05) is 316 Å². The summed E-state index contributed by atoms with van der Waals surface area (Å²) >= 11 is 0. The highest BCUT2D eigenvalue weighted by Crippen LogP contribution is 2.27. The maximum absolute atomic E-state index is 13.1.